The van der Waals surface area contributed by atoms with Crippen LogP contribution in [0.1, 0.15) is 30.6 Å². The molecule has 104 valence electrons. The molecule has 4 heteroatoms. The largest absolute Gasteiger partial charge is 0.465 e. The van der Waals surface area contributed by atoms with E-state index in [-0.39, 0.29) is 11.5 Å². The number of benzene rings is 1. The lowest BCUT2D eigenvalue weighted by Gasteiger charge is -2.24. The summed E-state index contributed by atoms with van der Waals surface area (Å²) < 4.78 is 4.71. The Balaban J connectivity index is 2.08. The number of carbonyl (C=O) groups excluding carboxylic acids is 1. The van der Waals surface area contributed by atoms with Gasteiger partial charge in [0.05, 0.1) is 12.7 Å². The van der Waals surface area contributed by atoms with E-state index in [1.54, 1.807) is 0 Å². The molecule has 1 aromatic carbocycles. The summed E-state index contributed by atoms with van der Waals surface area (Å²) >= 11 is 0. The predicted octanol–water partition coefficient (Wildman–Crippen LogP) is 2.05. The van der Waals surface area contributed by atoms with Gasteiger partial charge >= 0.3 is 5.97 Å². The maximum absolute atomic E-state index is 11.4. The van der Waals surface area contributed by atoms with Crippen molar-refractivity contribution in [2.75, 3.05) is 31.6 Å². The van der Waals surface area contributed by atoms with Crippen molar-refractivity contribution in [2.45, 2.75) is 25.8 Å². The van der Waals surface area contributed by atoms with Gasteiger partial charge in [-0.15, -0.1) is 0 Å². The summed E-state index contributed by atoms with van der Waals surface area (Å²) in [7, 11) is 1.40. The first-order valence-electron chi connectivity index (χ1n) is 6.70. The van der Waals surface area contributed by atoms with Gasteiger partial charge < -0.3 is 15.0 Å². The average molecular weight is 262 g/mol. The molecule has 0 radical (unpaired) electrons. The fraction of sp³-hybridized carbons (Fsp3) is 0.533. The molecule has 2 rings (SSSR count). The van der Waals surface area contributed by atoms with Crippen molar-refractivity contribution in [1.29, 1.82) is 0 Å². The zero-order valence-corrected chi connectivity index (χ0v) is 11.9. The quantitative estimate of drug-likeness (QED) is 0.828. The third-order valence-corrected chi connectivity index (χ3v) is 3.65. The first kappa shape index (κ1) is 13.9. The maximum atomic E-state index is 11.4. The molecule has 0 bridgehead atoms. The van der Waals surface area contributed by atoms with Crippen molar-refractivity contribution in [3.8, 4) is 0 Å². The minimum absolute atomic E-state index is 0.195. The lowest BCUT2D eigenvalue weighted by molar-refractivity contribution is 0.0601. The van der Waals surface area contributed by atoms with Crippen LogP contribution in [0.2, 0.25) is 0 Å². The molecule has 19 heavy (non-hydrogen) atoms. The van der Waals surface area contributed by atoms with Crippen molar-refractivity contribution in [3.05, 3.63) is 29.8 Å². The van der Waals surface area contributed by atoms with E-state index >= 15 is 0 Å². The first-order chi connectivity index (χ1) is 9.02. The van der Waals surface area contributed by atoms with E-state index < -0.39 is 0 Å². The number of carbonyl (C=O) groups is 1. The lowest BCUT2D eigenvalue weighted by Crippen LogP contribution is -2.39. The average Bonchev–Trinajstić information content (AvgIpc) is 2.59. The molecule has 0 unspecified atom stereocenters. The van der Waals surface area contributed by atoms with Crippen LogP contribution in [0, 0.1) is 0 Å². The van der Waals surface area contributed by atoms with E-state index in [2.05, 4.69) is 24.1 Å². The molecule has 0 atom stereocenters. The van der Waals surface area contributed by atoms with Crippen molar-refractivity contribution in [3.63, 3.8) is 0 Å². The number of anilines is 1. The van der Waals surface area contributed by atoms with E-state index in [0.717, 1.165) is 31.7 Å². The Hall–Kier alpha value is -1.55. The Bertz CT molecular complexity index is 440. The minimum atomic E-state index is -0.287. The molecule has 0 aliphatic carbocycles. The molecule has 0 amide bonds. The second-order valence-corrected chi connectivity index (χ2v) is 5.59. The third kappa shape index (κ3) is 3.47. The SMILES string of the molecule is COC(=O)c1ccc(N2CCNC(C)(C)CC2)cc1. The number of rotatable bonds is 2. The smallest absolute Gasteiger partial charge is 0.337 e. The van der Waals surface area contributed by atoms with Gasteiger partial charge in [0.15, 0.2) is 0 Å². The van der Waals surface area contributed by atoms with Gasteiger partial charge in [0.2, 0.25) is 0 Å². The van der Waals surface area contributed by atoms with Crippen molar-refractivity contribution >= 4 is 11.7 Å². The van der Waals surface area contributed by atoms with Gasteiger partial charge in [-0.1, -0.05) is 0 Å². The predicted molar refractivity (Wildman–Crippen MR) is 76.7 cm³/mol. The highest BCUT2D eigenvalue weighted by atomic mass is 16.5. The standard InChI is InChI=1S/C15H22N2O2/c1-15(2)8-10-17(11-9-16-15)13-6-4-12(5-7-13)14(18)19-3/h4-7,16H,8-11H2,1-3H3. The topological polar surface area (TPSA) is 41.6 Å². The Morgan fingerprint density at radius 2 is 1.95 bits per heavy atom. The molecule has 1 heterocycles. The molecule has 0 spiro atoms. The Morgan fingerprint density at radius 1 is 1.26 bits per heavy atom. The van der Waals surface area contributed by atoms with Gasteiger partial charge in [-0.2, -0.15) is 0 Å². The van der Waals surface area contributed by atoms with Crippen LogP contribution < -0.4 is 10.2 Å². The maximum Gasteiger partial charge on any atom is 0.337 e. The number of hydrogen-bond donors (Lipinski definition) is 1. The molecule has 1 N–H and O–H groups in total. The highest BCUT2D eigenvalue weighted by Gasteiger charge is 2.22. The Kier molecular flexibility index (Phi) is 4.10. The van der Waals surface area contributed by atoms with Gasteiger partial charge in [-0.25, -0.2) is 4.79 Å². The molecular weight excluding hydrogens is 240 g/mol. The summed E-state index contributed by atoms with van der Waals surface area (Å²) in [6.45, 7) is 7.46. The van der Waals surface area contributed by atoms with Crippen molar-refractivity contribution in [2.24, 2.45) is 0 Å². The molecule has 1 aromatic rings. The minimum Gasteiger partial charge on any atom is -0.465 e. The molecule has 1 aliphatic rings. The van der Waals surface area contributed by atoms with Gasteiger partial charge in [0.25, 0.3) is 0 Å². The zero-order valence-electron chi connectivity index (χ0n) is 11.9. The second-order valence-electron chi connectivity index (χ2n) is 5.59. The summed E-state index contributed by atoms with van der Waals surface area (Å²) in [5.74, 6) is -0.287. The lowest BCUT2D eigenvalue weighted by atomic mass is 10.0. The van der Waals surface area contributed by atoms with E-state index in [1.807, 2.05) is 24.3 Å². The summed E-state index contributed by atoms with van der Waals surface area (Å²) in [5.41, 5.74) is 1.95. The number of nitrogens with one attached hydrogen (secondary N) is 1. The Labute approximate surface area is 114 Å². The summed E-state index contributed by atoms with van der Waals surface area (Å²) in [5, 5.41) is 3.54. The van der Waals surface area contributed by atoms with Gasteiger partial charge in [-0.05, 0) is 44.5 Å². The zero-order chi connectivity index (χ0) is 13.9. The monoisotopic (exact) mass is 262 g/mol. The summed E-state index contributed by atoms with van der Waals surface area (Å²) in [6, 6.07) is 7.63. The highest BCUT2D eigenvalue weighted by molar-refractivity contribution is 5.89. The van der Waals surface area contributed by atoms with E-state index in [9.17, 15) is 4.79 Å². The van der Waals surface area contributed by atoms with Crippen LogP contribution in [-0.4, -0.2) is 38.3 Å². The van der Waals surface area contributed by atoms with Gasteiger partial charge in [-0.3, -0.25) is 0 Å². The normalized spacial score (nSPS) is 18.8. The van der Waals surface area contributed by atoms with Gasteiger partial charge in [0, 0.05) is 30.9 Å². The number of nitrogens with zero attached hydrogens (tertiary/aromatic N) is 1. The summed E-state index contributed by atoms with van der Waals surface area (Å²) in [6.07, 6.45) is 1.10. The molecule has 1 saturated heterocycles. The first-order valence-corrected chi connectivity index (χ1v) is 6.70. The van der Waals surface area contributed by atoms with Gasteiger partial charge in [0.1, 0.15) is 0 Å². The number of methoxy groups -OCH3 is 1. The van der Waals surface area contributed by atoms with Crippen LogP contribution in [0.3, 0.4) is 0 Å². The molecule has 1 fully saturated rings. The van der Waals surface area contributed by atoms with E-state index in [0.29, 0.717) is 5.56 Å². The Morgan fingerprint density at radius 3 is 2.58 bits per heavy atom. The molecule has 0 saturated carbocycles. The number of ether oxygens (including phenoxy) is 1. The van der Waals surface area contributed by atoms with Crippen molar-refractivity contribution in [1.82, 2.24) is 5.32 Å². The van der Waals surface area contributed by atoms with E-state index in [1.165, 1.54) is 7.11 Å². The summed E-state index contributed by atoms with van der Waals surface area (Å²) in [4.78, 5) is 13.7. The molecule has 1 aliphatic heterocycles. The van der Waals surface area contributed by atoms with Crippen LogP contribution in [-0.2, 0) is 4.74 Å². The third-order valence-electron chi connectivity index (χ3n) is 3.65. The fourth-order valence-electron chi connectivity index (χ4n) is 2.33. The molecule has 4 nitrogen and oxygen atoms in total. The van der Waals surface area contributed by atoms with Crippen LogP contribution >= 0.6 is 0 Å². The van der Waals surface area contributed by atoms with Crippen LogP contribution in [0.5, 0.6) is 0 Å². The van der Waals surface area contributed by atoms with Crippen LogP contribution in [0.15, 0.2) is 24.3 Å². The van der Waals surface area contributed by atoms with Crippen LogP contribution in [0.4, 0.5) is 5.69 Å². The van der Waals surface area contributed by atoms with Crippen LogP contribution in [0.25, 0.3) is 0 Å². The highest BCUT2D eigenvalue weighted by Crippen LogP contribution is 2.20. The van der Waals surface area contributed by atoms with Crippen molar-refractivity contribution < 1.29 is 9.53 Å². The molecular formula is C15H22N2O2. The second kappa shape index (κ2) is 5.61. The molecule has 0 aromatic heterocycles. The number of esters is 1. The van der Waals surface area contributed by atoms with E-state index in [4.69, 9.17) is 4.74 Å². The fourth-order valence-corrected chi connectivity index (χ4v) is 2.33. The number of hydrogen-bond acceptors (Lipinski definition) is 4.